The van der Waals surface area contributed by atoms with Crippen LogP contribution in [0.5, 0.6) is 0 Å². The van der Waals surface area contributed by atoms with Gasteiger partial charge in [-0.2, -0.15) is 0 Å². The lowest BCUT2D eigenvalue weighted by atomic mass is 10.2. The van der Waals surface area contributed by atoms with Gasteiger partial charge in [-0.05, 0) is 5.92 Å². The fourth-order valence-electron chi connectivity index (χ4n) is 2.55. The molecule has 0 atom stereocenters. The van der Waals surface area contributed by atoms with E-state index in [2.05, 4.69) is 23.7 Å². The summed E-state index contributed by atoms with van der Waals surface area (Å²) in [6.45, 7) is 10.3. The molecule has 1 fully saturated rings. The molecule has 0 spiro atoms. The Bertz CT molecular complexity index is 435. The summed E-state index contributed by atoms with van der Waals surface area (Å²) >= 11 is 0. The average Bonchev–Trinajstić information content (AvgIpc) is 2.87. The number of aromatic nitrogens is 2. The third-order valence-corrected chi connectivity index (χ3v) is 3.52. The first-order chi connectivity index (χ1) is 9.60. The number of nitrogens with zero attached hydrogens (tertiary/aromatic N) is 4. The number of rotatable bonds is 5. The van der Waals surface area contributed by atoms with Crippen LogP contribution in [0.15, 0.2) is 12.5 Å². The van der Waals surface area contributed by atoms with E-state index >= 15 is 0 Å². The standard InChI is InChI=1S/C14H25N5O/c1-12(2)9-17-5-7-19(8-6-17)14(20)13-10-18(4-3-15)11-16-13/h10-12H,3-9,15H2,1-2H3. The second kappa shape index (κ2) is 6.85. The number of carbonyl (C=O) groups excluding carboxylic acids is 1. The van der Waals surface area contributed by atoms with Gasteiger partial charge >= 0.3 is 0 Å². The molecule has 6 nitrogen and oxygen atoms in total. The SMILES string of the molecule is CC(C)CN1CCN(C(=O)c2cn(CCN)cn2)CC1. The maximum atomic E-state index is 12.3. The van der Waals surface area contributed by atoms with Crippen LogP contribution in [-0.4, -0.2) is 64.5 Å². The molecule has 0 aliphatic carbocycles. The van der Waals surface area contributed by atoms with Gasteiger partial charge in [-0.25, -0.2) is 4.98 Å². The Morgan fingerprint density at radius 2 is 2.05 bits per heavy atom. The molecule has 1 aromatic heterocycles. The maximum absolute atomic E-state index is 12.3. The van der Waals surface area contributed by atoms with E-state index in [9.17, 15) is 4.79 Å². The van der Waals surface area contributed by atoms with E-state index in [-0.39, 0.29) is 5.91 Å². The van der Waals surface area contributed by atoms with Crippen molar-refractivity contribution >= 4 is 5.91 Å². The van der Waals surface area contributed by atoms with Gasteiger partial charge in [-0.3, -0.25) is 9.69 Å². The van der Waals surface area contributed by atoms with Crippen LogP contribution in [0.1, 0.15) is 24.3 Å². The van der Waals surface area contributed by atoms with Gasteiger partial charge in [-0.1, -0.05) is 13.8 Å². The van der Waals surface area contributed by atoms with Gasteiger partial charge in [0.25, 0.3) is 5.91 Å². The summed E-state index contributed by atoms with van der Waals surface area (Å²) in [4.78, 5) is 20.8. The highest BCUT2D eigenvalue weighted by Crippen LogP contribution is 2.09. The molecule has 1 aromatic rings. The first kappa shape index (κ1) is 15.0. The molecule has 112 valence electrons. The van der Waals surface area contributed by atoms with Gasteiger partial charge in [0.05, 0.1) is 6.33 Å². The lowest BCUT2D eigenvalue weighted by molar-refractivity contribution is 0.0618. The molecule has 6 heteroatoms. The minimum absolute atomic E-state index is 0.0324. The van der Waals surface area contributed by atoms with Crippen molar-refractivity contribution in [3.8, 4) is 0 Å². The first-order valence-electron chi connectivity index (χ1n) is 7.33. The Morgan fingerprint density at radius 3 is 2.65 bits per heavy atom. The average molecular weight is 279 g/mol. The van der Waals surface area contributed by atoms with Crippen LogP contribution >= 0.6 is 0 Å². The van der Waals surface area contributed by atoms with Crippen molar-refractivity contribution in [3.63, 3.8) is 0 Å². The van der Waals surface area contributed by atoms with Crippen molar-refractivity contribution in [1.29, 1.82) is 0 Å². The Labute approximate surface area is 120 Å². The highest BCUT2D eigenvalue weighted by Gasteiger charge is 2.23. The lowest BCUT2D eigenvalue weighted by Crippen LogP contribution is -2.49. The summed E-state index contributed by atoms with van der Waals surface area (Å²) in [6.07, 6.45) is 3.46. The molecule has 0 aromatic carbocycles. The minimum atomic E-state index is 0.0324. The molecule has 1 aliphatic heterocycles. The van der Waals surface area contributed by atoms with Crippen LogP contribution in [0.2, 0.25) is 0 Å². The topological polar surface area (TPSA) is 67.4 Å². The molecule has 0 unspecified atom stereocenters. The Balaban J connectivity index is 1.87. The van der Waals surface area contributed by atoms with E-state index < -0.39 is 0 Å². The zero-order valence-electron chi connectivity index (χ0n) is 12.5. The summed E-state index contributed by atoms with van der Waals surface area (Å²) in [7, 11) is 0. The Morgan fingerprint density at radius 1 is 1.35 bits per heavy atom. The molecule has 2 heterocycles. The molecule has 1 saturated heterocycles. The second-order valence-corrected chi connectivity index (χ2v) is 5.77. The maximum Gasteiger partial charge on any atom is 0.274 e. The molecule has 20 heavy (non-hydrogen) atoms. The largest absolute Gasteiger partial charge is 0.335 e. The van der Waals surface area contributed by atoms with Crippen LogP contribution in [0.25, 0.3) is 0 Å². The molecule has 0 bridgehead atoms. The van der Waals surface area contributed by atoms with Crippen LogP contribution in [0, 0.1) is 5.92 Å². The molecule has 2 rings (SSSR count). The first-order valence-corrected chi connectivity index (χ1v) is 7.33. The molecule has 0 saturated carbocycles. The lowest BCUT2D eigenvalue weighted by Gasteiger charge is -2.35. The third kappa shape index (κ3) is 3.80. The van der Waals surface area contributed by atoms with Crippen molar-refractivity contribution in [1.82, 2.24) is 19.4 Å². The number of carbonyl (C=O) groups is 1. The van der Waals surface area contributed by atoms with E-state index in [0.717, 1.165) is 32.7 Å². The quantitative estimate of drug-likeness (QED) is 0.839. The normalized spacial score (nSPS) is 16.9. The zero-order valence-corrected chi connectivity index (χ0v) is 12.5. The molecule has 2 N–H and O–H groups in total. The van der Waals surface area contributed by atoms with E-state index in [0.29, 0.717) is 24.7 Å². The van der Waals surface area contributed by atoms with Crippen LogP contribution in [-0.2, 0) is 6.54 Å². The van der Waals surface area contributed by atoms with E-state index in [1.165, 1.54) is 0 Å². The van der Waals surface area contributed by atoms with Crippen LogP contribution in [0.4, 0.5) is 0 Å². The summed E-state index contributed by atoms with van der Waals surface area (Å²) in [5, 5.41) is 0. The van der Waals surface area contributed by atoms with E-state index in [1.807, 2.05) is 9.47 Å². The van der Waals surface area contributed by atoms with Gasteiger partial charge in [-0.15, -0.1) is 0 Å². The summed E-state index contributed by atoms with van der Waals surface area (Å²) in [5.41, 5.74) is 6.02. The number of piperazine rings is 1. The molecule has 1 amide bonds. The monoisotopic (exact) mass is 279 g/mol. The van der Waals surface area contributed by atoms with Crippen LogP contribution in [0.3, 0.4) is 0 Å². The summed E-state index contributed by atoms with van der Waals surface area (Å²) in [6, 6.07) is 0. The summed E-state index contributed by atoms with van der Waals surface area (Å²) in [5.74, 6) is 0.703. The van der Waals surface area contributed by atoms with Gasteiger partial charge < -0.3 is 15.2 Å². The third-order valence-electron chi connectivity index (χ3n) is 3.52. The van der Waals surface area contributed by atoms with Crippen molar-refractivity contribution in [2.45, 2.75) is 20.4 Å². The fraction of sp³-hybridized carbons (Fsp3) is 0.714. The van der Waals surface area contributed by atoms with Gasteiger partial charge in [0, 0.05) is 52.0 Å². The van der Waals surface area contributed by atoms with E-state index in [4.69, 9.17) is 5.73 Å². The van der Waals surface area contributed by atoms with Crippen molar-refractivity contribution in [2.24, 2.45) is 11.7 Å². The zero-order chi connectivity index (χ0) is 14.5. The number of amides is 1. The van der Waals surface area contributed by atoms with Crippen molar-refractivity contribution < 1.29 is 4.79 Å². The molecular weight excluding hydrogens is 254 g/mol. The summed E-state index contributed by atoms with van der Waals surface area (Å²) < 4.78 is 1.86. The van der Waals surface area contributed by atoms with Gasteiger partial charge in [0.15, 0.2) is 0 Å². The fourth-order valence-corrected chi connectivity index (χ4v) is 2.55. The van der Waals surface area contributed by atoms with Gasteiger partial charge in [0.2, 0.25) is 0 Å². The van der Waals surface area contributed by atoms with Crippen LogP contribution < -0.4 is 5.73 Å². The second-order valence-electron chi connectivity index (χ2n) is 5.77. The molecule has 1 aliphatic rings. The predicted molar refractivity (Wildman–Crippen MR) is 78.5 cm³/mol. The van der Waals surface area contributed by atoms with Crippen molar-refractivity contribution in [3.05, 3.63) is 18.2 Å². The highest BCUT2D eigenvalue weighted by atomic mass is 16.2. The van der Waals surface area contributed by atoms with E-state index in [1.54, 1.807) is 12.5 Å². The number of imidazole rings is 1. The number of hydrogen-bond acceptors (Lipinski definition) is 4. The highest BCUT2D eigenvalue weighted by molar-refractivity contribution is 5.92. The predicted octanol–water partition coefficient (Wildman–Crippen LogP) is 0.256. The Hall–Kier alpha value is -1.40. The smallest absolute Gasteiger partial charge is 0.274 e. The molecule has 0 radical (unpaired) electrons. The van der Waals surface area contributed by atoms with Crippen molar-refractivity contribution in [2.75, 3.05) is 39.3 Å². The Kier molecular flexibility index (Phi) is 5.14. The molecular formula is C14H25N5O. The van der Waals surface area contributed by atoms with Gasteiger partial charge in [0.1, 0.15) is 5.69 Å². The minimum Gasteiger partial charge on any atom is -0.335 e. The number of nitrogens with two attached hydrogens (primary N) is 1. The number of hydrogen-bond donors (Lipinski definition) is 1.